The van der Waals surface area contributed by atoms with Crippen LogP contribution in [-0.4, -0.2) is 18.1 Å². The van der Waals surface area contributed by atoms with Crippen molar-refractivity contribution < 1.29 is 0 Å². The van der Waals surface area contributed by atoms with E-state index in [0.29, 0.717) is 5.92 Å². The van der Waals surface area contributed by atoms with Crippen molar-refractivity contribution in [3.05, 3.63) is 15.6 Å². The van der Waals surface area contributed by atoms with Crippen LogP contribution in [0.5, 0.6) is 0 Å². The van der Waals surface area contributed by atoms with Gasteiger partial charge in [0.15, 0.2) is 0 Å². The fourth-order valence-corrected chi connectivity index (χ4v) is 3.15. The van der Waals surface area contributed by atoms with Crippen LogP contribution < -0.4 is 5.32 Å². The third-order valence-corrected chi connectivity index (χ3v) is 4.24. The average Bonchev–Trinajstić information content (AvgIpc) is 2.44. The summed E-state index contributed by atoms with van der Waals surface area (Å²) >= 11 is 1.92. The molecule has 3 heteroatoms. The summed E-state index contributed by atoms with van der Waals surface area (Å²) in [6.07, 6.45) is 1.12. The summed E-state index contributed by atoms with van der Waals surface area (Å²) in [4.78, 5) is 6.33. The molecule has 0 aliphatic carbocycles. The van der Waals surface area contributed by atoms with Gasteiger partial charge in [-0.05, 0) is 6.42 Å². The summed E-state index contributed by atoms with van der Waals surface area (Å²) in [5, 5.41) is 4.65. The summed E-state index contributed by atoms with van der Waals surface area (Å²) in [7, 11) is 0. The molecule has 2 heterocycles. The highest BCUT2D eigenvalue weighted by Gasteiger charge is 2.27. The van der Waals surface area contributed by atoms with Gasteiger partial charge in [-0.25, -0.2) is 4.98 Å². The van der Waals surface area contributed by atoms with Gasteiger partial charge in [-0.2, -0.15) is 0 Å². The van der Waals surface area contributed by atoms with E-state index in [2.05, 4.69) is 33.0 Å². The zero-order valence-electron chi connectivity index (χ0n) is 10.1. The maximum Gasteiger partial charge on any atom is 0.0987 e. The highest BCUT2D eigenvalue weighted by Crippen LogP contribution is 2.34. The molecule has 0 saturated carbocycles. The second-order valence-electron chi connectivity index (χ2n) is 5.28. The van der Waals surface area contributed by atoms with Crippen molar-refractivity contribution in [1.29, 1.82) is 0 Å². The van der Waals surface area contributed by atoms with Gasteiger partial charge in [0.2, 0.25) is 0 Å². The molecule has 0 unspecified atom stereocenters. The number of nitrogens with one attached hydrogen (secondary N) is 1. The van der Waals surface area contributed by atoms with Crippen molar-refractivity contribution >= 4 is 11.3 Å². The van der Waals surface area contributed by atoms with Gasteiger partial charge in [0.1, 0.15) is 0 Å². The van der Waals surface area contributed by atoms with Crippen molar-refractivity contribution in [3.63, 3.8) is 0 Å². The van der Waals surface area contributed by atoms with E-state index in [1.165, 1.54) is 15.6 Å². The molecule has 0 aromatic carbocycles. The van der Waals surface area contributed by atoms with Crippen LogP contribution in [0.15, 0.2) is 0 Å². The average molecular weight is 224 g/mol. The molecule has 84 valence electrons. The molecule has 2 rings (SSSR count). The van der Waals surface area contributed by atoms with Gasteiger partial charge < -0.3 is 5.32 Å². The van der Waals surface area contributed by atoms with E-state index in [4.69, 9.17) is 4.98 Å². The SMILES string of the molecule is CCc1sc(C2CNC2)nc1C(C)(C)C. The maximum absolute atomic E-state index is 4.85. The molecule has 1 fully saturated rings. The number of hydrogen-bond donors (Lipinski definition) is 1. The minimum atomic E-state index is 0.192. The van der Waals surface area contributed by atoms with Gasteiger partial charge in [0.05, 0.1) is 10.7 Å². The third-order valence-electron chi connectivity index (χ3n) is 2.88. The van der Waals surface area contributed by atoms with Crippen molar-refractivity contribution in [1.82, 2.24) is 10.3 Å². The molecule has 0 spiro atoms. The van der Waals surface area contributed by atoms with Gasteiger partial charge in [-0.15, -0.1) is 11.3 Å². The van der Waals surface area contributed by atoms with E-state index in [9.17, 15) is 0 Å². The van der Waals surface area contributed by atoms with E-state index >= 15 is 0 Å². The number of aromatic nitrogens is 1. The van der Waals surface area contributed by atoms with Crippen LogP contribution in [0.1, 0.15) is 49.2 Å². The molecule has 1 aliphatic rings. The fraction of sp³-hybridized carbons (Fsp3) is 0.750. The lowest BCUT2D eigenvalue weighted by atomic mass is 9.91. The van der Waals surface area contributed by atoms with Crippen LogP contribution in [0.25, 0.3) is 0 Å². The molecule has 1 aromatic heterocycles. The first-order chi connectivity index (χ1) is 7.02. The Morgan fingerprint density at radius 3 is 2.40 bits per heavy atom. The molecular weight excluding hydrogens is 204 g/mol. The van der Waals surface area contributed by atoms with Gasteiger partial charge in [-0.3, -0.25) is 0 Å². The largest absolute Gasteiger partial charge is 0.315 e. The first kappa shape index (κ1) is 11.1. The van der Waals surface area contributed by atoms with Gasteiger partial charge >= 0.3 is 0 Å². The van der Waals surface area contributed by atoms with Crippen LogP contribution in [0.3, 0.4) is 0 Å². The van der Waals surface area contributed by atoms with Crippen molar-refractivity contribution in [2.75, 3.05) is 13.1 Å². The smallest absolute Gasteiger partial charge is 0.0987 e. The van der Waals surface area contributed by atoms with Crippen LogP contribution in [0.4, 0.5) is 0 Å². The Hall–Kier alpha value is -0.410. The second-order valence-corrected chi connectivity index (χ2v) is 6.40. The van der Waals surface area contributed by atoms with Gasteiger partial charge in [0, 0.05) is 29.3 Å². The van der Waals surface area contributed by atoms with Crippen molar-refractivity contribution in [2.45, 2.75) is 45.4 Å². The lowest BCUT2D eigenvalue weighted by molar-refractivity contribution is 0.443. The molecular formula is C12H20N2S. The molecule has 15 heavy (non-hydrogen) atoms. The highest BCUT2D eigenvalue weighted by atomic mass is 32.1. The van der Waals surface area contributed by atoms with Crippen molar-refractivity contribution in [2.24, 2.45) is 0 Å². The van der Waals surface area contributed by atoms with E-state index in [0.717, 1.165) is 19.5 Å². The molecule has 1 aromatic rings. The van der Waals surface area contributed by atoms with Gasteiger partial charge in [-0.1, -0.05) is 27.7 Å². The Labute approximate surface area is 96.1 Å². The van der Waals surface area contributed by atoms with E-state index in [1.54, 1.807) is 0 Å². The Morgan fingerprint density at radius 2 is 2.07 bits per heavy atom. The Bertz CT molecular complexity index is 345. The quantitative estimate of drug-likeness (QED) is 0.835. The number of aryl methyl sites for hydroxylation is 1. The molecule has 1 N–H and O–H groups in total. The van der Waals surface area contributed by atoms with Gasteiger partial charge in [0.25, 0.3) is 0 Å². The molecule has 1 aliphatic heterocycles. The van der Waals surface area contributed by atoms with Crippen LogP contribution in [-0.2, 0) is 11.8 Å². The highest BCUT2D eigenvalue weighted by molar-refractivity contribution is 7.11. The number of thiazole rings is 1. The summed E-state index contributed by atoms with van der Waals surface area (Å²) in [5.74, 6) is 0.677. The van der Waals surface area contributed by atoms with E-state index in [-0.39, 0.29) is 5.41 Å². The predicted molar refractivity (Wildman–Crippen MR) is 65.8 cm³/mol. The zero-order chi connectivity index (χ0) is 11.1. The van der Waals surface area contributed by atoms with Crippen molar-refractivity contribution in [3.8, 4) is 0 Å². The third kappa shape index (κ3) is 2.08. The number of nitrogens with zero attached hydrogens (tertiary/aromatic N) is 1. The van der Waals surface area contributed by atoms with Crippen LogP contribution >= 0.6 is 11.3 Å². The standard InChI is InChI=1S/C12H20N2S/c1-5-9-10(12(2,3)4)14-11(15-9)8-6-13-7-8/h8,13H,5-7H2,1-4H3. The van der Waals surface area contributed by atoms with Crippen LogP contribution in [0.2, 0.25) is 0 Å². The lowest BCUT2D eigenvalue weighted by Crippen LogP contribution is -2.39. The Balaban J connectivity index is 2.32. The number of hydrogen-bond acceptors (Lipinski definition) is 3. The maximum atomic E-state index is 4.85. The molecule has 0 atom stereocenters. The summed E-state index contributed by atoms with van der Waals surface area (Å²) in [6, 6.07) is 0. The monoisotopic (exact) mass is 224 g/mol. The minimum absolute atomic E-state index is 0.192. The molecule has 0 amide bonds. The summed E-state index contributed by atoms with van der Waals surface area (Å²) < 4.78 is 0. The molecule has 2 nitrogen and oxygen atoms in total. The summed E-state index contributed by atoms with van der Waals surface area (Å²) in [6.45, 7) is 11.2. The molecule has 0 radical (unpaired) electrons. The normalized spacial score (nSPS) is 17.9. The number of rotatable bonds is 2. The minimum Gasteiger partial charge on any atom is -0.315 e. The van der Waals surface area contributed by atoms with Crippen LogP contribution in [0, 0.1) is 0 Å². The van der Waals surface area contributed by atoms with E-state index in [1.807, 2.05) is 11.3 Å². The Morgan fingerprint density at radius 1 is 1.40 bits per heavy atom. The van der Waals surface area contributed by atoms with E-state index < -0.39 is 0 Å². The Kier molecular flexibility index (Phi) is 2.86. The molecule has 1 saturated heterocycles. The first-order valence-corrected chi connectivity index (χ1v) is 6.54. The molecule has 0 bridgehead atoms. The lowest BCUT2D eigenvalue weighted by Gasteiger charge is -2.25. The predicted octanol–water partition coefficient (Wildman–Crippen LogP) is 2.69. The zero-order valence-corrected chi connectivity index (χ0v) is 10.9. The summed E-state index contributed by atoms with van der Waals surface area (Å²) in [5.41, 5.74) is 1.51. The topological polar surface area (TPSA) is 24.9 Å². The fourth-order valence-electron chi connectivity index (χ4n) is 1.83. The second kappa shape index (κ2) is 3.87. The first-order valence-electron chi connectivity index (χ1n) is 5.73.